The Balaban J connectivity index is 2.03. The van der Waals surface area contributed by atoms with Crippen LogP contribution in [0.1, 0.15) is 11.7 Å². The molecule has 1 heterocycles. The van der Waals surface area contributed by atoms with E-state index in [0.717, 1.165) is 17.0 Å². The minimum Gasteiger partial charge on any atom is -0.497 e. The zero-order valence-electron chi connectivity index (χ0n) is 12.3. The van der Waals surface area contributed by atoms with Gasteiger partial charge >= 0.3 is 0 Å². The fourth-order valence-electron chi connectivity index (χ4n) is 2.48. The fourth-order valence-corrected chi connectivity index (χ4v) is 2.48. The maximum Gasteiger partial charge on any atom is 0.154 e. The van der Waals surface area contributed by atoms with Gasteiger partial charge in [0, 0.05) is 11.8 Å². The first kappa shape index (κ1) is 14.0. The summed E-state index contributed by atoms with van der Waals surface area (Å²) in [4.78, 5) is 6.49. The van der Waals surface area contributed by atoms with Crippen molar-refractivity contribution in [3.8, 4) is 5.75 Å². The van der Waals surface area contributed by atoms with E-state index in [-0.39, 0.29) is 6.17 Å². The number of amidine groups is 1. The Morgan fingerprint density at radius 3 is 2.32 bits per heavy atom. The van der Waals surface area contributed by atoms with E-state index < -0.39 is 0 Å². The SMILES string of the molecule is COc1ccc(N2C(N)=CC(N)=N[C@H]2c2ccccc2)cc1. The van der Waals surface area contributed by atoms with Crippen LogP contribution in [-0.4, -0.2) is 12.9 Å². The zero-order chi connectivity index (χ0) is 15.5. The second-order valence-corrected chi connectivity index (χ2v) is 4.98. The number of hydrogen-bond acceptors (Lipinski definition) is 5. The summed E-state index contributed by atoms with van der Waals surface area (Å²) < 4.78 is 5.20. The molecule has 0 aliphatic carbocycles. The van der Waals surface area contributed by atoms with E-state index in [2.05, 4.69) is 4.99 Å². The molecule has 0 saturated carbocycles. The van der Waals surface area contributed by atoms with E-state index in [9.17, 15) is 0 Å². The molecule has 0 radical (unpaired) electrons. The molecule has 0 saturated heterocycles. The van der Waals surface area contributed by atoms with Crippen molar-refractivity contribution < 1.29 is 4.74 Å². The Kier molecular flexibility index (Phi) is 3.70. The first-order valence-corrected chi connectivity index (χ1v) is 6.98. The van der Waals surface area contributed by atoms with Crippen LogP contribution in [0.25, 0.3) is 0 Å². The minimum absolute atomic E-state index is 0.278. The second-order valence-electron chi connectivity index (χ2n) is 4.98. The lowest BCUT2D eigenvalue weighted by Gasteiger charge is -2.34. The predicted molar refractivity (Wildman–Crippen MR) is 88.5 cm³/mol. The lowest BCUT2D eigenvalue weighted by Crippen LogP contribution is -2.36. The number of nitrogens with zero attached hydrogens (tertiary/aromatic N) is 2. The van der Waals surface area contributed by atoms with Crippen LogP contribution in [0.15, 0.2) is 71.5 Å². The largest absolute Gasteiger partial charge is 0.497 e. The highest BCUT2D eigenvalue weighted by molar-refractivity contribution is 5.94. The molecule has 5 nitrogen and oxygen atoms in total. The van der Waals surface area contributed by atoms with E-state index in [0.29, 0.717) is 11.7 Å². The molecular formula is C17H18N4O. The monoisotopic (exact) mass is 294 g/mol. The van der Waals surface area contributed by atoms with Gasteiger partial charge in [0.05, 0.1) is 7.11 Å². The summed E-state index contributed by atoms with van der Waals surface area (Å²) in [6.07, 6.45) is 1.39. The van der Waals surface area contributed by atoms with Gasteiger partial charge in [0.1, 0.15) is 17.4 Å². The number of methoxy groups -OCH3 is 1. The van der Waals surface area contributed by atoms with Gasteiger partial charge in [0.2, 0.25) is 0 Å². The molecule has 112 valence electrons. The van der Waals surface area contributed by atoms with Gasteiger partial charge in [-0.25, -0.2) is 4.99 Å². The molecule has 5 heteroatoms. The normalized spacial score (nSPS) is 17.7. The van der Waals surface area contributed by atoms with Crippen molar-refractivity contribution in [2.24, 2.45) is 16.5 Å². The van der Waals surface area contributed by atoms with Crippen molar-refractivity contribution in [3.05, 3.63) is 72.1 Å². The summed E-state index contributed by atoms with van der Waals surface area (Å²) in [7, 11) is 1.64. The van der Waals surface area contributed by atoms with E-state index in [1.54, 1.807) is 13.2 Å². The lowest BCUT2D eigenvalue weighted by molar-refractivity contribution is 0.415. The van der Waals surface area contributed by atoms with E-state index >= 15 is 0 Å². The Hall–Kier alpha value is -2.95. The number of rotatable bonds is 3. The average Bonchev–Trinajstić information content (AvgIpc) is 2.55. The molecule has 0 bridgehead atoms. The van der Waals surface area contributed by atoms with Gasteiger partial charge in [-0.3, -0.25) is 0 Å². The first-order valence-electron chi connectivity index (χ1n) is 6.98. The van der Waals surface area contributed by atoms with Gasteiger partial charge in [0.15, 0.2) is 6.17 Å². The fraction of sp³-hybridized carbons (Fsp3) is 0.118. The number of nitrogens with two attached hydrogens (primary N) is 2. The van der Waals surface area contributed by atoms with E-state index in [4.69, 9.17) is 16.2 Å². The topological polar surface area (TPSA) is 76.9 Å². The van der Waals surface area contributed by atoms with Crippen molar-refractivity contribution in [3.63, 3.8) is 0 Å². The highest BCUT2D eigenvalue weighted by atomic mass is 16.5. The second kappa shape index (κ2) is 5.81. The van der Waals surface area contributed by atoms with Crippen molar-refractivity contribution in [1.29, 1.82) is 0 Å². The van der Waals surface area contributed by atoms with Crippen LogP contribution >= 0.6 is 0 Å². The Labute approximate surface area is 129 Å². The molecule has 0 aromatic heterocycles. The van der Waals surface area contributed by atoms with Crippen LogP contribution in [-0.2, 0) is 0 Å². The molecule has 1 aliphatic heterocycles. The molecule has 0 unspecified atom stereocenters. The van der Waals surface area contributed by atoms with Gasteiger partial charge in [-0.1, -0.05) is 30.3 Å². The van der Waals surface area contributed by atoms with E-state index in [1.807, 2.05) is 59.5 Å². The molecule has 3 rings (SSSR count). The van der Waals surface area contributed by atoms with Crippen LogP contribution < -0.4 is 21.1 Å². The molecule has 4 N–H and O–H groups in total. The lowest BCUT2D eigenvalue weighted by atomic mass is 10.1. The van der Waals surface area contributed by atoms with Crippen LogP contribution in [0.2, 0.25) is 0 Å². The number of hydrogen-bond donors (Lipinski definition) is 2. The quantitative estimate of drug-likeness (QED) is 0.911. The van der Waals surface area contributed by atoms with Crippen LogP contribution in [0, 0.1) is 0 Å². The van der Waals surface area contributed by atoms with Crippen LogP contribution in [0.5, 0.6) is 5.75 Å². The summed E-state index contributed by atoms with van der Waals surface area (Å²) in [6, 6.07) is 17.6. The first-order chi connectivity index (χ1) is 10.7. The van der Waals surface area contributed by atoms with Gasteiger partial charge < -0.3 is 21.1 Å². The molecule has 1 aliphatic rings. The Morgan fingerprint density at radius 2 is 1.68 bits per heavy atom. The standard InChI is InChI=1S/C17H18N4O/c1-22-14-9-7-13(8-10-14)21-16(19)11-15(18)20-17(21)12-5-3-2-4-6-12/h2-11,17H,19H2,1H3,(H2,18,20)/t17-/m1/s1. The molecule has 2 aromatic rings. The molecule has 0 amide bonds. The zero-order valence-corrected chi connectivity index (χ0v) is 12.3. The minimum atomic E-state index is -0.278. The molecule has 2 aromatic carbocycles. The smallest absolute Gasteiger partial charge is 0.154 e. The highest BCUT2D eigenvalue weighted by Gasteiger charge is 2.25. The van der Waals surface area contributed by atoms with Gasteiger partial charge in [-0.15, -0.1) is 0 Å². The Bertz CT molecular complexity index is 707. The maximum atomic E-state index is 6.19. The summed E-state index contributed by atoms with van der Waals surface area (Å²) in [5.41, 5.74) is 14.0. The Morgan fingerprint density at radius 1 is 1.00 bits per heavy atom. The number of ether oxygens (including phenoxy) is 1. The maximum absolute atomic E-state index is 6.19. The predicted octanol–water partition coefficient (Wildman–Crippen LogP) is 2.37. The van der Waals surface area contributed by atoms with E-state index in [1.165, 1.54) is 0 Å². The molecular weight excluding hydrogens is 276 g/mol. The van der Waals surface area contributed by atoms with Crippen molar-refractivity contribution in [1.82, 2.24) is 0 Å². The number of benzene rings is 2. The van der Waals surface area contributed by atoms with Crippen molar-refractivity contribution in [2.75, 3.05) is 12.0 Å². The molecule has 0 spiro atoms. The summed E-state index contributed by atoms with van der Waals surface area (Å²) in [5.74, 6) is 1.78. The van der Waals surface area contributed by atoms with Gasteiger partial charge in [0.25, 0.3) is 0 Å². The average molecular weight is 294 g/mol. The van der Waals surface area contributed by atoms with Gasteiger partial charge in [-0.2, -0.15) is 0 Å². The molecule has 0 fully saturated rings. The summed E-state index contributed by atoms with van der Waals surface area (Å²) >= 11 is 0. The molecule has 1 atom stereocenters. The van der Waals surface area contributed by atoms with Crippen LogP contribution in [0.3, 0.4) is 0 Å². The highest BCUT2D eigenvalue weighted by Crippen LogP contribution is 2.33. The third kappa shape index (κ3) is 2.61. The van der Waals surface area contributed by atoms with Crippen LogP contribution in [0.4, 0.5) is 5.69 Å². The third-order valence-electron chi connectivity index (χ3n) is 3.54. The van der Waals surface area contributed by atoms with Crippen molar-refractivity contribution >= 4 is 11.5 Å². The molecule has 22 heavy (non-hydrogen) atoms. The van der Waals surface area contributed by atoms with Gasteiger partial charge in [-0.05, 0) is 29.8 Å². The number of anilines is 1. The summed E-state index contributed by atoms with van der Waals surface area (Å²) in [6.45, 7) is 0. The third-order valence-corrected chi connectivity index (χ3v) is 3.54. The number of aliphatic imine (C=N–C) groups is 1. The summed E-state index contributed by atoms with van der Waals surface area (Å²) in [5, 5.41) is 0. The van der Waals surface area contributed by atoms with Crippen molar-refractivity contribution in [2.45, 2.75) is 6.17 Å².